The van der Waals surface area contributed by atoms with Gasteiger partial charge in [-0.15, -0.1) is 34.0 Å². The molecule has 28 rings (SSSR count). The molecule has 12 aromatic heterocycles. The summed E-state index contributed by atoms with van der Waals surface area (Å²) in [6, 6.07) is 129. The Hall–Kier alpha value is -15.8. The standard InChI is InChI=1S/C40H23N3O2.C34H19N3OS.C34H19N3S2/c1-3-12-24(13-4-1)35-39-36(42-40(41-35)25-14-5-2-6-15-25)29-18-11-20-32(37(29)45-39)43-30-19-9-7-17-28(30)34-31(43)23-22-27-26-16-8-10-21-33(26)44-38(27)34;1-2-10-20(11-3-1)33-35-30-24-14-5-8-16-27(24)38-31(30)34(36-33)37-25-15-7-4-13-23(25)29-26(37)19-18-22-21-12-6-9-17-28(21)39-32(22)29;1-2-10-20(11-3-1)33-35-30-24-14-6-9-17-28(24)39-32(30)34(36-33)37-25-15-7-4-13-23(25)29-26(37)19-18-22-21-12-5-8-16-27(21)38-31(22)29/h1-23H;2*1-19H. The molecule has 12 heterocycles. The topological polar surface area (TPSA) is 132 Å². The molecule has 0 aliphatic carbocycles. The molecule has 28 aromatic rings. The number of thiophene rings is 3. The number of benzene rings is 16. The first kappa shape index (κ1) is 69.2. The third-order valence-electron chi connectivity index (χ3n) is 24.1. The Morgan fingerprint density at radius 1 is 0.203 bits per heavy atom. The molecule has 0 bridgehead atoms. The zero-order chi connectivity index (χ0) is 80.5. The van der Waals surface area contributed by atoms with Gasteiger partial charge in [0.05, 0.1) is 54.4 Å². The summed E-state index contributed by atoms with van der Waals surface area (Å²) in [5.41, 5.74) is 19.6. The van der Waals surface area contributed by atoms with Gasteiger partial charge in [0.15, 0.2) is 45.9 Å². The minimum Gasteiger partial charge on any atom is -0.455 e. The normalized spacial score (nSPS) is 12.1. The Morgan fingerprint density at radius 2 is 0.593 bits per heavy atom. The number of rotatable bonds is 7. The van der Waals surface area contributed by atoms with Crippen LogP contribution in [0.5, 0.6) is 0 Å². The summed E-state index contributed by atoms with van der Waals surface area (Å²) in [7, 11) is 0. The van der Waals surface area contributed by atoms with Crippen molar-refractivity contribution in [3.8, 4) is 62.7 Å². The van der Waals surface area contributed by atoms with Crippen LogP contribution in [-0.4, -0.2) is 43.6 Å². The molecule has 0 aliphatic rings. The van der Waals surface area contributed by atoms with Gasteiger partial charge >= 0.3 is 0 Å². The van der Waals surface area contributed by atoms with Crippen molar-refractivity contribution in [3.05, 3.63) is 370 Å². The molecular formula is C108H61N9O3S3. The van der Waals surface area contributed by atoms with Crippen LogP contribution in [0.25, 0.3) is 255 Å². The zero-order valence-corrected chi connectivity index (χ0v) is 67.6. The highest BCUT2D eigenvalue weighted by molar-refractivity contribution is 7.27. The lowest BCUT2D eigenvalue weighted by atomic mass is 10.1. The van der Waals surface area contributed by atoms with Gasteiger partial charge in [0.2, 0.25) is 0 Å². The van der Waals surface area contributed by atoms with E-state index in [1.54, 1.807) is 11.3 Å². The molecule has 123 heavy (non-hydrogen) atoms. The first-order chi connectivity index (χ1) is 61.0. The number of fused-ring (bicyclic) bond motifs is 30. The zero-order valence-electron chi connectivity index (χ0n) is 65.2. The van der Waals surface area contributed by atoms with E-state index in [9.17, 15) is 0 Å². The fraction of sp³-hybridized carbons (Fsp3) is 0. The number of furan rings is 3. The van der Waals surface area contributed by atoms with Gasteiger partial charge in [-0.3, -0.25) is 9.13 Å². The highest BCUT2D eigenvalue weighted by Gasteiger charge is 2.29. The molecule has 0 N–H and O–H groups in total. The van der Waals surface area contributed by atoms with E-state index in [4.69, 9.17) is 43.2 Å². The maximum atomic E-state index is 6.85. The number of nitrogens with zero attached hydrogens (tertiary/aromatic N) is 9. The predicted molar refractivity (Wildman–Crippen MR) is 511 cm³/mol. The van der Waals surface area contributed by atoms with Crippen molar-refractivity contribution in [2.75, 3.05) is 0 Å². The summed E-state index contributed by atoms with van der Waals surface area (Å²) in [6.45, 7) is 0. The molecule has 12 nitrogen and oxygen atoms in total. The molecule has 0 saturated carbocycles. The molecule has 0 amide bonds. The van der Waals surface area contributed by atoms with E-state index in [0.717, 1.165) is 155 Å². The van der Waals surface area contributed by atoms with Gasteiger partial charge in [0, 0.05) is 121 Å². The van der Waals surface area contributed by atoms with Gasteiger partial charge < -0.3 is 17.8 Å². The number of aromatic nitrogens is 9. The molecule has 0 aliphatic heterocycles. The smallest absolute Gasteiger partial charge is 0.197 e. The molecule has 0 spiro atoms. The number of hydrogen-bond donors (Lipinski definition) is 0. The van der Waals surface area contributed by atoms with Crippen molar-refractivity contribution >= 4 is 226 Å². The van der Waals surface area contributed by atoms with Gasteiger partial charge in [0.1, 0.15) is 33.5 Å². The van der Waals surface area contributed by atoms with Gasteiger partial charge in [-0.2, -0.15) is 0 Å². The van der Waals surface area contributed by atoms with Crippen molar-refractivity contribution in [1.82, 2.24) is 43.6 Å². The third-order valence-corrected chi connectivity index (χ3v) is 27.6. The minimum absolute atomic E-state index is 0.666. The molecule has 574 valence electrons. The van der Waals surface area contributed by atoms with E-state index in [2.05, 4.69) is 268 Å². The van der Waals surface area contributed by atoms with Gasteiger partial charge in [0.25, 0.3) is 0 Å². The van der Waals surface area contributed by atoms with Gasteiger partial charge in [-0.25, -0.2) is 29.9 Å². The molecule has 0 saturated heterocycles. The van der Waals surface area contributed by atoms with E-state index in [1.807, 2.05) is 138 Å². The Kier molecular flexibility index (Phi) is 15.4. The first-order valence-electron chi connectivity index (χ1n) is 40.9. The summed E-state index contributed by atoms with van der Waals surface area (Å²) in [5, 5.41) is 17.7. The largest absolute Gasteiger partial charge is 0.455 e. The fourth-order valence-electron chi connectivity index (χ4n) is 18.6. The summed E-state index contributed by atoms with van der Waals surface area (Å²) in [5.74, 6) is 3.78. The molecule has 0 radical (unpaired) electrons. The van der Waals surface area contributed by atoms with Crippen molar-refractivity contribution in [1.29, 1.82) is 0 Å². The lowest BCUT2D eigenvalue weighted by Crippen LogP contribution is -2.01. The third kappa shape index (κ3) is 10.6. The average Bonchev–Trinajstić information content (AvgIpc) is 1.56. The van der Waals surface area contributed by atoms with Crippen LogP contribution in [0.2, 0.25) is 0 Å². The van der Waals surface area contributed by atoms with Crippen LogP contribution < -0.4 is 0 Å². The number of para-hydroxylation sites is 6. The Labute approximate surface area is 710 Å². The van der Waals surface area contributed by atoms with Crippen LogP contribution in [0.3, 0.4) is 0 Å². The predicted octanol–water partition coefficient (Wildman–Crippen LogP) is 30.2. The van der Waals surface area contributed by atoms with Crippen LogP contribution in [0, 0.1) is 0 Å². The quantitative estimate of drug-likeness (QED) is 0.153. The van der Waals surface area contributed by atoms with Crippen LogP contribution in [0.4, 0.5) is 0 Å². The highest BCUT2D eigenvalue weighted by Crippen LogP contribution is 2.50. The second-order valence-electron chi connectivity index (χ2n) is 30.9. The summed E-state index contributed by atoms with van der Waals surface area (Å²) in [4.78, 5) is 30.8. The van der Waals surface area contributed by atoms with E-state index < -0.39 is 0 Å². The minimum atomic E-state index is 0.666. The summed E-state index contributed by atoms with van der Waals surface area (Å²) < 4.78 is 34.3. The summed E-state index contributed by atoms with van der Waals surface area (Å²) in [6.07, 6.45) is 0. The summed E-state index contributed by atoms with van der Waals surface area (Å²) >= 11 is 5.50. The molecule has 0 atom stereocenters. The van der Waals surface area contributed by atoms with E-state index in [0.29, 0.717) is 22.8 Å². The highest BCUT2D eigenvalue weighted by atomic mass is 32.1. The second-order valence-corrected chi connectivity index (χ2v) is 34.1. The van der Waals surface area contributed by atoms with Crippen LogP contribution in [-0.2, 0) is 0 Å². The maximum absolute atomic E-state index is 6.85. The van der Waals surface area contributed by atoms with Gasteiger partial charge in [-0.05, 0) is 91.0 Å². The van der Waals surface area contributed by atoms with Crippen molar-refractivity contribution in [2.24, 2.45) is 0 Å². The molecule has 16 aromatic carbocycles. The van der Waals surface area contributed by atoms with Crippen molar-refractivity contribution in [3.63, 3.8) is 0 Å². The average molecular weight is 1630 g/mol. The molecule has 0 fully saturated rings. The Bertz CT molecular complexity index is 8890. The van der Waals surface area contributed by atoms with Crippen LogP contribution >= 0.6 is 34.0 Å². The van der Waals surface area contributed by atoms with E-state index in [-0.39, 0.29) is 0 Å². The fourth-order valence-corrected chi connectivity index (χ4v) is 22.3. The molecular weight excluding hydrogens is 1570 g/mol. The lowest BCUT2D eigenvalue weighted by molar-refractivity contribution is 0.662. The first-order valence-corrected chi connectivity index (χ1v) is 43.3. The molecule has 0 unspecified atom stereocenters. The number of hydrogen-bond acceptors (Lipinski definition) is 12. The van der Waals surface area contributed by atoms with E-state index >= 15 is 0 Å². The maximum Gasteiger partial charge on any atom is 0.197 e. The van der Waals surface area contributed by atoms with Crippen LogP contribution in [0.1, 0.15) is 0 Å². The molecule has 15 heteroatoms. The SMILES string of the molecule is c1ccc(-c2nc(-c3ccccc3)c3oc4c(-n5c6ccccc6c6c7oc8ccccc8c7ccc65)cccc4c3n2)cc1.c1ccc(-c2nc(-n3c4ccccc4c4c5sc6ccccc6c5ccc43)c3oc4ccccc4c3n2)cc1.c1ccc(-c2nc(-n3c4ccccc4c4c5sc6ccccc6c5ccc43)c3sc4ccccc4c3n2)cc1. The Balaban J connectivity index is 0.0000000993. The van der Waals surface area contributed by atoms with Crippen molar-refractivity contribution in [2.45, 2.75) is 0 Å². The Morgan fingerprint density at radius 3 is 1.17 bits per heavy atom. The van der Waals surface area contributed by atoms with E-state index in [1.165, 1.54) is 77.5 Å². The second kappa shape index (κ2) is 27.4. The lowest BCUT2D eigenvalue weighted by Gasteiger charge is -2.10. The monoisotopic (exact) mass is 1630 g/mol. The van der Waals surface area contributed by atoms with Crippen LogP contribution in [0.15, 0.2) is 383 Å². The van der Waals surface area contributed by atoms with Crippen molar-refractivity contribution < 1.29 is 13.3 Å². The van der Waals surface area contributed by atoms with Gasteiger partial charge in [-0.1, -0.05) is 279 Å².